The van der Waals surface area contributed by atoms with Crippen molar-refractivity contribution in [2.45, 2.75) is 247 Å². The van der Waals surface area contributed by atoms with Crippen LogP contribution in [0.15, 0.2) is 121 Å². The number of aliphatic hydroxyl groups excluding tert-OH is 6. The quantitative estimate of drug-likeness (QED) is 0.0111. The Morgan fingerprint density at radius 2 is 0.565 bits per heavy atom. The number of rotatable bonds is 66. The van der Waals surface area contributed by atoms with E-state index < -0.39 is 310 Å². The maximum Gasteiger partial charge on any atom is 0.325 e. The van der Waals surface area contributed by atoms with Crippen LogP contribution in [0, 0.1) is 22.7 Å². The minimum Gasteiger partial charge on any atom is -0.480 e. The molecule has 0 unspecified atom stereocenters. The molecule has 0 aliphatic heterocycles. The van der Waals surface area contributed by atoms with Crippen molar-refractivity contribution in [2.75, 3.05) is 46.1 Å². The van der Waals surface area contributed by atoms with E-state index in [9.17, 15) is 103 Å². The van der Waals surface area contributed by atoms with Crippen molar-refractivity contribution in [3.8, 4) is 0 Å². The van der Waals surface area contributed by atoms with Crippen molar-refractivity contribution in [1.82, 2.24) is 101 Å². The summed E-state index contributed by atoms with van der Waals surface area (Å²) in [6, 6.07) is 2.25. The van der Waals surface area contributed by atoms with Gasteiger partial charge in [0.25, 0.3) is 0 Å². The average Bonchev–Trinajstić information content (AvgIpc) is 0.842. The maximum absolute atomic E-state index is 15.3. The summed E-state index contributed by atoms with van der Waals surface area (Å²) >= 11 is 0. The van der Waals surface area contributed by atoms with Gasteiger partial charge in [0, 0.05) is 45.2 Å². The van der Waals surface area contributed by atoms with Crippen LogP contribution in [0.5, 0.6) is 0 Å². The molecule has 147 heavy (non-hydrogen) atoms. The Morgan fingerprint density at radius 1 is 0.299 bits per heavy atom. The van der Waals surface area contributed by atoms with Crippen LogP contribution < -0.4 is 130 Å². The number of amides is 19. The monoisotopic (exact) mass is 2070 g/mol. The molecule has 0 bridgehead atoms. The summed E-state index contributed by atoms with van der Waals surface area (Å²) in [6.07, 6.45) is -8.22. The Kier molecular flexibility index (Phi) is 54.2. The van der Waals surface area contributed by atoms with E-state index in [0.717, 1.165) is 20.8 Å². The maximum atomic E-state index is 15.3. The first-order valence-corrected chi connectivity index (χ1v) is 47.3. The third-order valence-electron chi connectivity index (χ3n) is 22.2. The highest BCUT2D eigenvalue weighted by molar-refractivity contribution is 6.02. The Bertz CT molecular complexity index is 5090. The van der Waals surface area contributed by atoms with Gasteiger partial charge in [-0.25, -0.2) is 0 Å². The van der Waals surface area contributed by atoms with E-state index in [4.69, 9.17) is 44.6 Å². The highest BCUT2D eigenvalue weighted by Crippen LogP contribution is 2.17. The molecule has 0 saturated heterocycles. The highest BCUT2D eigenvalue weighted by Gasteiger charge is 2.42. The molecular weight excluding hydrogens is 1930 g/mol. The number of aliphatic hydroxyl groups is 6. The second-order valence-corrected chi connectivity index (χ2v) is 35.6. The van der Waals surface area contributed by atoms with E-state index in [0.29, 0.717) is 22.3 Å². The molecule has 4 aromatic carbocycles. The van der Waals surface area contributed by atoms with Crippen LogP contribution in [0.25, 0.3) is 0 Å². The zero-order valence-electron chi connectivity index (χ0n) is 82.5. The average molecular weight is 2070 g/mol. The van der Waals surface area contributed by atoms with Crippen LogP contribution in [0.3, 0.4) is 0 Å². The van der Waals surface area contributed by atoms with Gasteiger partial charge in [-0.3, -0.25) is 107 Å². The summed E-state index contributed by atoms with van der Waals surface area (Å²) in [5.74, 6) is -24.8. The fourth-order valence-corrected chi connectivity index (χ4v) is 14.4. The van der Waals surface area contributed by atoms with E-state index in [1.807, 2.05) is 0 Å². The number of benzene rings is 4. The second-order valence-electron chi connectivity index (χ2n) is 35.6. The minimum atomic E-state index is -2.02. The van der Waals surface area contributed by atoms with E-state index >= 15 is 24.0 Å². The Labute approximate surface area is 846 Å². The summed E-state index contributed by atoms with van der Waals surface area (Å²) in [7, 11) is 0. The van der Waals surface area contributed by atoms with Crippen molar-refractivity contribution < 1.29 is 132 Å². The van der Waals surface area contributed by atoms with Crippen molar-refractivity contribution in [3.05, 3.63) is 144 Å². The van der Waals surface area contributed by atoms with Gasteiger partial charge in [-0.05, 0) is 99.8 Å². The largest absolute Gasteiger partial charge is 0.480 e. The number of hydrogen-bond acceptors (Lipinski definition) is 29. The van der Waals surface area contributed by atoms with Gasteiger partial charge >= 0.3 is 5.97 Å². The van der Waals surface area contributed by atoms with Gasteiger partial charge < -0.3 is 165 Å². The number of primary amides is 2. The lowest BCUT2D eigenvalue weighted by molar-refractivity contribution is -0.142. The summed E-state index contributed by atoms with van der Waals surface area (Å²) in [4.78, 5) is 278. The van der Waals surface area contributed by atoms with Gasteiger partial charge in [-0.15, -0.1) is 0 Å². The van der Waals surface area contributed by atoms with Crippen LogP contribution in [0.4, 0.5) is 0 Å². The van der Waals surface area contributed by atoms with Crippen LogP contribution in [-0.4, -0.2) is 327 Å². The van der Waals surface area contributed by atoms with Crippen LogP contribution in [0.1, 0.15) is 129 Å². The second kappa shape index (κ2) is 64.3. The zero-order valence-corrected chi connectivity index (χ0v) is 82.5. The molecule has 0 radical (unpaired) electrons. The zero-order chi connectivity index (χ0) is 110. The Hall–Kier alpha value is -15.5. The van der Waals surface area contributed by atoms with Crippen molar-refractivity contribution in [1.29, 1.82) is 10.8 Å². The lowest BCUT2D eigenvalue weighted by atomic mass is 9.99. The SMILES string of the molecule is CC(C)C[C@H](NC(=O)[C@H](CO)NC(=O)CNC(=O)[C@@H](N)CO)C(=O)N[C@@H](CO)C(=O)N[C@H](C(=O)N[C@@H](Cc1ccccc1)C(=O)N[C@@H](Cc1ccccc1)C(=O)N[C@@H](CCCNC(=N)N)C(=O)N[C@@H](CC(C)C)C(=O)N[C@@H](Cc1ccccc1)C(=O)N[C@@H](CC(N)=O)C(=O)N[C@@H](CCCNC(=N)N)C(=O)N[C@@H](CO)C(=O)N[C@@H](Cc1ccccc1)C(=O)N[C@H](C(=O)N[C@@H](CCC(N)=O)C(=O)N[C@@H](C)C(=O)O)[C@@H](C)O)[C@@H](C)O. The first kappa shape index (κ1) is 124. The first-order chi connectivity index (χ1) is 69.5. The number of aliphatic carboxylic acids is 1. The molecule has 19 amide bonds. The summed E-state index contributed by atoms with van der Waals surface area (Å²) in [5.41, 5.74) is 29.2. The van der Waals surface area contributed by atoms with Gasteiger partial charge in [0.2, 0.25) is 112 Å². The van der Waals surface area contributed by atoms with Crippen LogP contribution in [-0.2, 0) is 122 Å². The molecule has 0 saturated carbocycles. The van der Waals surface area contributed by atoms with Gasteiger partial charge in [-0.2, -0.15) is 0 Å². The van der Waals surface area contributed by atoms with Crippen LogP contribution >= 0.6 is 0 Å². The van der Waals surface area contributed by atoms with Crippen molar-refractivity contribution >= 4 is 130 Å². The molecule has 0 aromatic heterocycles. The molecule has 53 heteroatoms. The van der Waals surface area contributed by atoms with Gasteiger partial charge in [0.05, 0.1) is 51.6 Å². The third-order valence-corrected chi connectivity index (χ3v) is 22.2. The molecule has 4 aromatic rings. The van der Waals surface area contributed by atoms with Gasteiger partial charge in [0.1, 0.15) is 103 Å². The lowest BCUT2D eigenvalue weighted by Gasteiger charge is -2.29. The number of hydrogen-bond donors (Lipinski definition) is 33. The molecular formula is C94H140N26O27. The van der Waals surface area contributed by atoms with Gasteiger partial charge in [-0.1, -0.05) is 149 Å². The van der Waals surface area contributed by atoms with Crippen molar-refractivity contribution in [3.63, 3.8) is 0 Å². The molecule has 0 heterocycles. The van der Waals surface area contributed by atoms with Crippen molar-refractivity contribution in [2.24, 2.45) is 40.5 Å². The highest BCUT2D eigenvalue weighted by atomic mass is 16.4. The predicted molar refractivity (Wildman–Crippen MR) is 527 cm³/mol. The Morgan fingerprint density at radius 3 is 0.878 bits per heavy atom. The number of carbonyl (C=O) groups excluding carboxylic acids is 19. The minimum absolute atomic E-state index is 0.0368. The van der Waals surface area contributed by atoms with Gasteiger partial charge in [0.15, 0.2) is 11.9 Å². The Balaban J connectivity index is 1.70. The molecule has 38 N–H and O–H groups in total. The molecule has 0 aliphatic carbocycles. The molecule has 0 fully saturated rings. The fraction of sp³-hybridized carbons (Fsp3) is 0.511. The van der Waals surface area contributed by atoms with E-state index in [1.165, 1.54) is 12.1 Å². The standard InChI is InChI=1S/C94H140N26O27/c1-48(2)36-61(80(134)112-64(39-54-24-14-9-15-25-54)83(137)115-67(42-72(97)128)85(139)108-59(31-21-35-103-94(100)101)79(133)117-69(46-123)88(142)114-66(41-56-28-18-11-19-29-56)86(140)119-74(51(6)125)90(144)109-60(32-33-71(96)127)77(131)105-50(5)92(146)147)110-78(132)58(30-20-34-102-93(98)99)107-82(136)63(38-53-22-12-8-13-23-53)113-84(138)65(40-55-26-16-10-17-27-55)116-91(145)75(52(7)126)120-89(143)70(47-124)118-81(135)62(37-49(3)4)111-87(141)68(45-122)106-73(129)43-104-76(130)57(95)44-121/h8-19,22-29,48-52,57-70,74-75,121-126H,20-21,30-47,95H2,1-7H3,(H2,96,127)(H2,97,128)(H,104,130)(H,105,131)(H,106,129)(H,107,136)(H,108,139)(H,109,144)(H,110,132)(H,111,141)(H,112,134)(H,113,138)(H,114,142)(H,115,137)(H,116,145)(H,117,133)(H,118,135)(H,119,140)(H,120,143)(H,146,147)(H4,98,99,102)(H4,100,101,103)/t50-,51+,52+,57-,58-,59-,60-,61-,62-,63-,64-,65-,66-,67-,68-,69-,70-,74-,75-/m0/s1. The van der Waals surface area contributed by atoms with E-state index in [2.05, 4.69) is 101 Å². The fourth-order valence-electron chi connectivity index (χ4n) is 14.4. The summed E-state index contributed by atoms with van der Waals surface area (Å²) in [5, 5.41) is 133. The molecule has 0 aliphatic rings. The number of nitrogens with one attached hydrogen (secondary N) is 21. The lowest BCUT2D eigenvalue weighted by Crippen LogP contribution is -2.63. The number of carbonyl (C=O) groups is 20. The summed E-state index contributed by atoms with van der Waals surface area (Å²) < 4.78 is 0. The summed E-state index contributed by atoms with van der Waals surface area (Å²) in [6.45, 7) is 4.78. The van der Waals surface area contributed by atoms with Crippen LogP contribution in [0.2, 0.25) is 0 Å². The molecule has 0 spiro atoms. The molecule has 4 rings (SSSR count). The number of nitrogens with two attached hydrogens (primary N) is 5. The number of carboxylic acid groups (broad SMARTS) is 1. The first-order valence-electron chi connectivity index (χ1n) is 47.3. The topological polar surface area (TPSA) is 889 Å². The predicted octanol–water partition coefficient (Wildman–Crippen LogP) is -11.2. The third kappa shape index (κ3) is 46.0. The molecule has 808 valence electrons. The van der Waals surface area contributed by atoms with E-state index in [-0.39, 0.29) is 76.8 Å². The number of carboxylic acids is 1. The molecule has 19 atom stereocenters. The normalized spacial score (nSPS) is 14.9. The van der Waals surface area contributed by atoms with E-state index in [1.54, 1.807) is 137 Å². The number of guanidine groups is 2. The molecule has 53 nitrogen and oxygen atoms in total. The smallest absolute Gasteiger partial charge is 0.325 e.